The van der Waals surface area contributed by atoms with Gasteiger partial charge in [0.1, 0.15) is 6.07 Å². The van der Waals surface area contributed by atoms with Gasteiger partial charge in [-0.1, -0.05) is 12.1 Å². The van der Waals surface area contributed by atoms with Crippen molar-refractivity contribution in [2.75, 3.05) is 29.9 Å². The van der Waals surface area contributed by atoms with Gasteiger partial charge in [0, 0.05) is 37.1 Å². The number of para-hydroxylation sites is 1. The van der Waals surface area contributed by atoms with Crippen molar-refractivity contribution in [3.05, 3.63) is 29.8 Å². The molecule has 1 aliphatic rings. The van der Waals surface area contributed by atoms with Gasteiger partial charge in [0.15, 0.2) is 0 Å². The van der Waals surface area contributed by atoms with E-state index in [1.54, 1.807) is 18.2 Å². The lowest BCUT2D eigenvalue weighted by Crippen LogP contribution is -2.41. The van der Waals surface area contributed by atoms with Crippen molar-refractivity contribution in [2.24, 2.45) is 0 Å². The van der Waals surface area contributed by atoms with E-state index < -0.39 is 0 Å². The molecule has 2 rings (SSSR count). The summed E-state index contributed by atoms with van der Waals surface area (Å²) >= 11 is 1.97. The molecule has 1 aliphatic heterocycles. The van der Waals surface area contributed by atoms with Crippen molar-refractivity contribution in [1.82, 2.24) is 4.90 Å². The Bertz CT molecular complexity index is 512. The first-order chi connectivity index (χ1) is 9.70. The SMILES string of the molecule is CC1CSCCN1CCC(=O)Nc1ccccc1C#N. The molecule has 0 spiro atoms. The van der Waals surface area contributed by atoms with Crippen LogP contribution in [0, 0.1) is 11.3 Å². The van der Waals surface area contributed by atoms with Crippen LogP contribution in [-0.4, -0.2) is 41.4 Å². The van der Waals surface area contributed by atoms with E-state index in [1.807, 2.05) is 17.8 Å². The second-order valence-electron chi connectivity index (χ2n) is 4.92. The quantitative estimate of drug-likeness (QED) is 0.924. The summed E-state index contributed by atoms with van der Waals surface area (Å²) in [6.07, 6.45) is 0.467. The number of hydrogen-bond donors (Lipinski definition) is 1. The third-order valence-corrected chi connectivity index (χ3v) is 4.64. The molecule has 1 amide bonds. The molecule has 1 saturated heterocycles. The highest BCUT2D eigenvalue weighted by Gasteiger charge is 2.19. The Morgan fingerprint density at radius 2 is 2.35 bits per heavy atom. The molecule has 0 bridgehead atoms. The lowest BCUT2D eigenvalue weighted by atomic mass is 10.2. The van der Waals surface area contributed by atoms with Gasteiger partial charge in [-0.2, -0.15) is 17.0 Å². The average Bonchev–Trinajstić information content (AvgIpc) is 2.47. The van der Waals surface area contributed by atoms with E-state index >= 15 is 0 Å². The van der Waals surface area contributed by atoms with Crippen molar-refractivity contribution < 1.29 is 4.79 Å². The highest BCUT2D eigenvalue weighted by atomic mass is 32.2. The fourth-order valence-electron chi connectivity index (χ4n) is 2.24. The summed E-state index contributed by atoms with van der Waals surface area (Å²) in [7, 11) is 0. The molecule has 0 radical (unpaired) electrons. The number of thioether (sulfide) groups is 1. The minimum Gasteiger partial charge on any atom is -0.325 e. The Labute approximate surface area is 124 Å². The molecular formula is C15H19N3OS. The number of carbonyl (C=O) groups excluding carboxylic acids is 1. The van der Waals surface area contributed by atoms with Gasteiger partial charge in [-0.3, -0.25) is 9.69 Å². The van der Waals surface area contributed by atoms with Crippen molar-refractivity contribution in [3.63, 3.8) is 0 Å². The molecule has 4 nitrogen and oxygen atoms in total. The normalized spacial score (nSPS) is 19.3. The molecule has 1 heterocycles. The van der Waals surface area contributed by atoms with Gasteiger partial charge in [-0.05, 0) is 19.1 Å². The van der Waals surface area contributed by atoms with Crippen LogP contribution in [0.15, 0.2) is 24.3 Å². The summed E-state index contributed by atoms with van der Waals surface area (Å²) in [5, 5.41) is 11.8. The van der Waals surface area contributed by atoms with Crippen LogP contribution in [0.1, 0.15) is 18.9 Å². The third-order valence-electron chi connectivity index (χ3n) is 3.45. The first-order valence-corrected chi connectivity index (χ1v) is 7.97. The van der Waals surface area contributed by atoms with Crippen LogP contribution in [-0.2, 0) is 4.79 Å². The van der Waals surface area contributed by atoms with Crippen LogP contribution < -0.4 is 5.32 Å². The average molecular weight is 289 g/mol. The second-order valence-corrected chi connectivity index (χ2v) is 6.07. The maximum atomic E-state index is 12.0. The molecular weight excluding hydrogens is 270 g/mol. The highest BCUT2D eigenvalue weighted by Crippen LogP contribution is 2.17. The molecule has 1 unspecified atom stereocenters. The zero-order chi connectivity index (χ0) is 14.4. The van der Waals surface area contributed by atoms with Crippen molar-refractivity contribution in [1.29, 1.82) is 5.26 Å². The number of hydrogen-bond acceptors (Lipinski definition) is 4. The van der Waals surface area contributed by atoms with Gasteiger partial charge in [0.25, 0.3) is 0 Å². The Kier molecular flexibility index (Phi) is 5.45. The maximum absolute atomic E-state index is 12.0. The van der Waals surface area contributed by atoms with Crippen molar-refractivity contribution in [2.45, 2.75) is 19.4 Å². The van der Waals surface area contributed by atoms with Crippen molar-refractivity contribution in [3.8, 4) is 6.07 Å². The monoisotopic (exact) mass is 289 g/mol. The van der Waals surface area contributed by atoms with E-state index in [-0.39, 0.29) is 5.91 Å². The lowest BCUT2D eigenvalue weighted by molar-refractivity contribution is -0.116. The van der Waals surface area contributed by atoms with Crippen LogP contribution in [0.4, 0.5) is 5.69 Å². The largest absolute Gasteiger partial charge is 0.325 e. The Balaban J connectivity index is 1.85. The summed E-state index contributed by atoms with van der Waals surface area (Å²) in [5.41, 5.74) is 1.10. The number of anilines is 1. The number of nitriles is 1. The summed E-state index contributed by atoms with van der Waals surface area (Å²) in [4.78, 5) is 14.3. The second kappa shape index (κ2) is 7.32. The van der Waals surface area contributed by atoms with Crippen LogP contribution in [0.25, 0.3) is 0 Å². The smallest absolute Gasteiger partial charge is 0.225 e. The van der Waals surface area contributed by atoms with Gasteiger partial charge in [0.05, 0.1) is 11.3 Å². The van der Waals surface area contributed by atoms with Gasteiger partial charge in [0.2, 0.25) is 5.91 Å². The summed E-state index contributed by atoms with van der Waals surface area (Å²) in [6, 6.07) is 9.70. The zero-order valence-corrected chi connectivity index (χ0v) is 12.4. The number of rotatable bonds is 4. The fourth-order valence-corrected chi connectivity index (χ4v) is 3.32. The lowest BCUT2D eigenvalue weighted by Gasteiger charge is -2.32. The standard InChI is InChI=1S/C15H19N3OS/c1-12-11-20-9-8-18(12)7-6-15(19)17-14-5-3-2-4-13(14)10-16/h2-5,12H,6-9,11H2,1H3,(H,17,19). The van der Waals surface area contributed by atoms with Crippen LogP contribution in [0.3, 0.4) is 0 Å². The molecule has 1 aromatic carbocycles. The molecule has 106 valence electrons. The third kappa shape index (κ3) is 3.99. The summed E-state index contributed by atoms with van der Waals surface area (Å²) in [6.45, 7) is 4.03. The topological polar surface area (TPSA) is 56.1 Å². The van der Waals surface area contributed by atoms with Gasteiger partial charge >= 0.3 is 0 Å². The minimum atomic E-state index is -0.0295. The van der Waals surface area contributed by atoms with E-state index in [1.165, 1.54) is 0 Å². The fraction of sp³-hybridized carbons (Fsp3) is 0.467. The highest BCUT2D eigenvalue weighted by molar-refractivity contribution is 7.99. The Hall–Kier alpha value is -1.51. The van der Waals surface area contributed by atoms with Crippen LogP contribution >= 0.6 is 11.8 Å². The molecule has 20 heavy (non-hydrogen) atoms. The number of benzene rings is 1. The molecule has 1 N–H and O–H groups in total. The first-order valence-electron chi connectivity index (χ1n) is 6.81. The van der Waals surface area contributed by atoms with Crippen LogP contribution in [0.5, 0.6) is 0 Å². The summed E-state index contributed by atoms with van der Waals surface area (Å²) < 4.78 is 0. The van der Waals surface area contributed by atoms with E-state index in [2.05, 4.69) is 23.2 Å². The molecule has 0 aliphatic carbocycles. The zero-order valence-electron chi connectivity index (χ0n) is 11.6. The molecule has 0 saturated carbocycles. The predicted octanol–water partition coefficient (Wildman–Crippen LogP) is 2.32. The Morgan fingerprint density at radius 1 is 1.55 bits per heavy atom. The number of carbonyl (C=O) groups is 1. The first kappa shape index (κ1) is 14.9. The molecule has 5 heteroatoms. The minimum absolute atomic E-state index is 0.0295. The van der Waals surface area contributed by atoms with Crippen molar-refractivity contribution >= 4 is 23.4 Å². The van der Waals surface area contributed by atoms with E-state index in [0.717, 1.165) is 24.6 Å². The Morgan fingerprint density at radius 3 is 3.10 bits per heavy atom. The molecule has 1 aromatic rings. The van der Waals surface area contributed by atoms with Crippen LogP contribution in [0.2, 0.25) is 0 Å². The molecule has 1 atom stereocenters. The van der Waals surface area contributed by atoms with E-state index in [4.69, 9.17) is 5.26 Å². The van der Waals surface area contributed by atoms with Gasteiger partial charge in [-0.15, -0.1) is 0 Å². The predicted molar refractivity (Wildman–Crippen MR) is 82.8 cm³/mol. The maximum Gasteiger partial charge on any atom is 0.225 e. The number of nitrogens with zero attached hydrogens (tertiary/aromatic N) is 2. The molecule has 1 fully saturated rings. The molecule has 0 aromatic heterocycles. The number of amides is 1. The number of nitrogens with one attached hydrogen (secondary N) is 1. The van der Waals surface area contributed by atoms with E-state index in [0.29, 0.717) is 23.7 Å². The van der Waals surface area contributed by atoms with Gasteiger partial charge in [-0.25, -0.2) is 0 Å². The summed E-state index contributed by atoms with van der Waals surface area (Å²) in [5.74, 6) is 2.25. The van der Waals surface area contributed by atoms with E-state index in [9.17, 15) is 4.79 Å². The van der Waals surface area contributed by atoms with Gasteiger partial charge < -0.3 is 5.32 Å².